The smallest absolute Gasteiger partial charge is 0.0936 e. The van der Waals surface area contributed by atoms with E-state index in [4.69, 9.17) is 16.4 Å². The van der Waals surface area contributed by atoms with Crippen molar-refractivity contribution in [3.05, 3.63) is 71.8 Å². The molecule has 2 aromatic rings. The van der Waals surface area contributed by atoms with Crippen LogP contribution in [0.3, 0.4) is 0 Å². The van der Waals surface area contributed by atoms with Crippen LogP contribution in [-0.4, -0.2) is 17.0 Å². The molecule has 0 radical (unpaired) electrons. The predicted octanol–water partition coefficient (Wildman–Crippen LogP) is 4.64. The number of nitrogens with zero attached hydrogens (tertiary/aromatic N) is 1. The SMILES string of the molecule is CCC(CCl)N(Cc1ccccc1)OCc1ccccc1. The second kappa shape index (κ2) is 8.83. The minimum Gasteiger partial charge on any atom is -0.294 e. The summed E-state index contributed by atoms with van der Waals surface area (Å²) in [6.07, 6.45) is 0.963. The molecule has 1 unspecified atom stereocenters. The monoisotopic (exact) mass is 303 g/mol. The molecule has 0 saturated carbocycles. The molecule has 2 aromatic carbocycles. The van der Waals surface area contributed by atoms with Crippen molar-refractivity contribution >= 4 is 11.6 Å². The van der Waals surface area contributed by atoms with Crippen LogP contribution >= 0.6 is 11.6 Å². The van der Waals surface area contributed by atoms with Crippen molar-refractivity contribution in [3.8, 4) is 0 Å². The van der Waals surface area contributed by atoms with E-state index in [0.717, 1.165) is 13.0 Å². The van der Waals surface area contributed by atoms with Crippen LogP contribution in [0.5, 0.6) is 0 Å². The molecule has 0 bridgehead atoms. The maximum absolute atomic E-state index is 6.09. The molecule has 0 saturated heterocycles. The van der Waals surface area contributed by atoms with Crippen LogP contribution in [0.1, 0.15) is 24.5 Å². The Morgan fingerprint density at radius 2 is 1.52 bits per heavy atom. The van der Waals surface area contributed by atoms with E-state index in [2.05, 4.69) is 31.2 Å². The van der Waals surface area contributed by atoms with Gasteiger partial charge in [-0.3, -0.25) is 4.84 Å². The maximum Gasteiger partial charge on any atom is 0.0936 e. The van der Waals surface area contributed by atoms with Crippen molar-refractivity contribution in [3.63, 3.8) is 0 Å². The summed E-state index contributed by atoms with van der Waals surface area (Å²) >= 11 is 6.09. The highest BCUT2D eigenvalue weighted by Gasteiger charge is 2.17. The van der Waals surface area contributed by atoms with Gasteiger partial charge in [0.1, 0.15) is 0 Å². The molecule has 0 aliphatic rings. The lowest BCUT2D eigenvalue weighted by Gasteiger charge is -2.29. The summed E-state index contributed by atoms with van der Waals surface area (Å²) in [5.74, 6) is 0.568. The van der Waals surface area contributed by atoms with E-state index in [-0.39, 0.29) is 6.04 Å². The fraction of sp³-hybridized carbons (Fsp3) is 0.333. The lowest BCUT2D eigenvalue weighted by atomic mass is 10.2. The first-order chi connectivity index (χ1) is 10.3. The molecule has 2 rings (SSSR count). The van der Waals surface area contributed by atoms with Crippen LogP contribution in [0.4, 0.5) is 0 Å². The van der Waals surface area contributed by atoms with Gasteiger partial charge in [0.05, 0.1) is 6.61 Å². The Bertz CT molecular complexity index is 499. The minimum absolute atomic E-state index is 0.218. The first-order valence-corrected chi connectivity index (χ1v) is 7.90. The number of halogens is 1. The van der Waals surface area contributed by atoms with Crippen LogP contribution in [0.2, 0.25) is 0 Å². The minimum atomic E-state index is 0.218. The first-order valence-electron chi connectivity index (χ1n) is 7.37. The fourth-order valence-electron chi connectivity index (χ4n) is 2.16. The average molecular weight is 304 g/mol. The zero-order valence-electron chi connectivity index (χ0n) is 12.4. The molecule has 0 aromatic heterocycles. The van der Waals surface area contributed by atoms with Crippen molar-refractivity contribution in [1.29, 1.82) is 0 Å². The lowest BCUT2D eigenvalue weighted by molar-refractivity contribution is -0.200. The quantitative estimate of drug-likeness (QED) is 0.520. The summed E-state index contributed by atoms with van der Waals surface area (Å²) in [5.41, 5.74) is 2.40. The van der Waals surface area contributed by atoms with Crippen molar-refractivity contribution in [1.82, 2.24) is 5.06 Å². The van der Waals surface area contributed by atoms with Crippen molar-refractivity contribution in [2.45, 2.75) is 32.5 Å². The van der Waals surface area contributed by atoms with E-state index >= 15 is 0 Å². The van der Waals surface area contributed by atoms with Gasteiger partial charge in [-0.15, -0.1) is 11.6 Å². The van der Waals surface area contributed by atoms with Crippen LogP contribution in [0.25, 0.3) is 0 Å². The van der Waals surface area contributed by atoms with Gasteiger partial charge >= 0.3 is 0 Å². The molecular weight excluding hydrogens is 282 g/mol. The van der Waals surface area contributed by atoms with E-state index < -0.39 is 0 Å². The average Bonchev–Trinajstić information content (AvgIpc) is 2.55. The molecule has 0 N–H and O–H groups in total. The molecule has 0 heterocycles. The summed E-state index contributed by atoms with van der Waals surface area (Å²) in [5, 5.41) is 2.01. The van der Waals surface area contributed by atoms with Crippen molar-refractivity contribution < 1.29 is 4.84 Å². The highest BCUT2D eigenvalue weighted by Crippen LogP contribution is 2.15. The van der Waals surface area contributed by atoms with Gasteiger partial charge < -0.3 is 0 Å². The Morgan fingerprint density at radius 1 is 0.952 bits per heavy atom. The summed E-state index contributed by atoms with van der Waals surface area (Å²) in [7, 11) is 0. The van der Waals surface area contributed by atoms with Crippen LogP contribution in [0, 0.1) is 0 Å². The number of hydrogen-bond donors (Lipinski definition) is 0. The predicted molar refractivity (Wildman–Crippen MR) is 88.0 cm³/mol. The third-order valence-corrected chi connectivity index (χ3v) is 3.83. The number of hydroxylamine groups is 2. The standard InChI is InChI=1S/C18H22ClNO/c1-2-18(13-19)20(14-16-9-5-3-6-10-16)21-15-17-11-7-4-8-12-17/h3-12,18H,2,13-15H2,1H3. The third kappa shape index (κ3) is 5.16. The second-order valence-electron chi connectivity index (χ2n) is 5.04. The molecule has 0 aliphatic heterocycles. The van der Waals surface area contributed by atoms with Crippen LogP contribution in [0.15, 0.2) is 60.7 Å². The molecule has 1 atom stereocenters. The molecule has 112 valence electrons. The van der Waals surface area contributed by atoms with Gasteiger partial charge in [-0.05, 0) is 17.5 Å². The second-order valence-corrected chi connectivity index (χ2v) is 5.34. The van der Waals surface area contributed by atoms with Gasteiger partial charge in [0.15, 0.2) is 0 Å². The Kier molecular flexibility index (Phi) is 6.74. The zero-order chi connectivity index (χ0) is 14.9. The molecule has 0 fully saturated rings. The Hall–Kier alpha value is -1.35. The van der Waals surface area contributed by atoms with E-state index in [1.54, 1.807) is 0 Å². The number of hydrogen-bond acceptors (Lipinski definition) is 2. The summed E-state index contributed by atoms with van der Waals surface area (Å²) < 4.78 is 0. The van der Waals surface area contributed by atoms with Gasteiger partial charge in [-0.25, -0.2) is 0 Å². The first kappa shape index (κ1) is 16.0. The van der Waals surface area contributed by atoms with Gasteiger partial charge in [-0.2, -0.15) is 5.06 Å². The van der Waals surface area contributed by atoms with Gasteiger partial charge in [0.25, 0.3) is 0 Å². The Morgan fingerprint density at radius 3 is 2.05 bits per heavy atom. The maximum atomic E-state index is 6.09. The number of alkyl halides is 1. The summed E-state index contributed by atoms with van der Waals surface area (Å²) in [6, 6.07) is 20.8. The molecule has 0 aliphatic carbocycles. The third-order valence-electron chi connectivity index (χ3n) is 3.48. The molecular formula is C18H22ClNO. The highest BCUT2D eigenvalue weighted by atomic mass is 35.5. The van der Waals surface area contributed by atoms with Crippen LogP contribution < -0.4 is 0 Å². The van der Waals surface area contributed by atoms with Crippen molar-refractivity contribution in [2.75, 3.05) is 5.88 Å². The molecule has 0 spiro atoms. The van der Waals surface area contributed by atoms with E-state index in [9.17, 15) is 0 Å². The normalized spacial score (nSPS) is 12.5. The molecule has 2 nitrogen and oxygen atoms in total. The van der Waals surface area contributed by atoms with E-state index in [0.29, 0.717) is 12.5 Å². The summed E-state index contributed by atoms with van der Waals surface area (Å²) in [4.78, 5) is 6.02. The van der Waals surface area contributed by atoms with Gasteiger partial charge in [-0.1, -0.05) is 67.6 Å². The van der Waals surface area contributed by atoms with Gasteiger partial charge in [0, 0.05) is 18.5 Å². The fourth-order valence-corrected chi connectivity index (χ4v) is 2.54. The highest BCUT2D eigenvalue weighted by molar-refractivity contribution is 6.18. The Labute approximate surface area is 132 Å². The summed E-state index contributed by atoms with van der Waals surface area (Å²) in [6.45, 7) is 3.46. The number of rotatable bonds is 8. The van der Waals surface area contributed by atoms with Crippen LogP contribution in [-0.2, 0) is 18.0 Å². The van der Waals surface area contributed by atoms with Gasteiger partial charge in [0.2, 0.25) is 0 Å². The Balaban J connectivity index is 2.01. The molecule has 3 heteroatoms. The lowest BCUT2D eigenvalue weighted by Crippen LogP contribution is -2.35. The largest absolute Gasteiger partial charge is 0.294 e. The molecule has 0 amide bonds. The van der Waals surface area contributed by atoms with E-state index in [1.165, 1.54) is 11.1 Å². The molecule has 21 heavy (non-hydrogen) atoms. The van der Waals surface area contributed by atoms with E-state index in [1.807, 2.05) is 41.5 Å². The topological polar surface area (TPSA) is 12.5 Å². The van der Waals surface area contributed by atoms with Crippen molar-refractivity contribution in [2.24, 2.45) is 0 Å². The zero-order valence-corrected chi connectivity index (χ0v) is 13.2. The number of benzene rings is 2.